The minimum absolute atomic E-state index is 0.0784. The number of hydrogen-bond donors (Lipinski definition) is 1. The number of carbonyl (C=O) groups is 1. The number of hydrogen-bond acceptors (Lipinski definition) is 4. The van der Waals surface area contributed by atoms with Gasteiger partial charge >= 0.3 is 0 Å². The van der Waals surface area contributed by atoms with Crippen molar-refractivity contribution in [3.05, 3.63) is 47.3 Å². The average Bonchev–Trinajstić information content (AvgIpc) is 2.95. The third kappa shape index (κ3) is 5.29. The van der Waals surface area contributed by atoms with E-state index in [2.05, 4.69) is 23.7 Å². The van der Waals surface area contributed by atoms with Gasteiger partial charge in [-0.1, -0.05) is 32.0 Å². The summed E-state index contributed by atoms with van der Waals surface area (Å²) in [5.74, 6) is 0.569. The third-order valence-corrected chi connectivity index (χ3v) is 7.16. The molecule has 0 bridgehead atoms. The quantitative estimate of drug-likeness (QED) is 0.729. The van der Waals surface area contributed by atoms with Gasteiger partial charge in [-0.05, 0) is 44.7 Å². The van der Waals surface area contributed by atoms with Gasteiger partial charge in [-0.2, -0.15) is 5.10 Å². The van der Waals surface area contributed by atoms with Crippen molar-refractivity contribution in [2.24, 2.45) is 5.92 Å². The second-order valence-electron chi connectivity index (χ2n) is 8.49. The van der Waals surface area contributed by atoms with Crippen LogP contribution in [0.2, 0.25) is 0 Å². The first-order valence-electron chi connectivity index (χ1n) is 10.6. The molecular weight excluding hydrogens is 400 g/mol. The van der Waals surface area contributed by atoms with Crippen molar-refractivity contribution < 1.29 is 13.2 Å². The first-order valence-corrected chi connectivity index (χ1v) is 12.0. The van der Waals surface area contributed by atoms with Gasteiger partial charge in [0.1, 0.15) is 0 Å². The highest BCUT2D eigenvalue weighted by Crippen LogP contribution is 2.19. The van der Waals surface area contributed by atoms with Crippen LogP contribution in [0.15, 0.2) is 35.2 Å². The lowest BCUT2D eigenvalue weighted by Crippen LogP contribution is -2.46. The highest BCUT2D eigenvalue weighted by molar-refractivity contribution is 7.89. The van der Waals surface area contributed by atoms with E-state index in [4.69, 9.17) is 0 Å². The lowest BCUT2D eigenvalue weighted by atomic mass is 10.0. The van der Waals surface area contributed by atoms with Crippen molar-refractivity contribution in [1.29, 1.82) is 0 Å². The fourth-order valence-corrected chi connectivity index (χ4v) is 5.24. The summed E-state index contributed by atoms with van der Waals surface area (Å²) in [6.45, 7) is 10.2. The van der Waals surface area contributed by atoms with E-state index in [-0.39, 0.29) is 16.8 Å². The van der Waals surface area contributed by atoms with Crippen LogP contribution in [0.5, 0.6) is 0 Å². The second-order valence-corrected chi connectivity index (χ2v) is 10.2. The number of nitrogens with zero attached hydrogens (tertiary/aromatic N) is 3. The zero-order valence-corrected chi connectivity index (χ0v) is 19.1. The number of piperidine rings is 1. The number of nitrogens with one attached hydrogen (secondary N) is 1. The molecule has 1 fully saturated rings. The van der Waals surface area contributed by atoms with Crippen LogP contribution in [0.4, 0.5) is 0 Å². The van der Waals surface area contributed by atoms with Crippen LogP contribution in [0.25, 0.3) is 0 Å². The smallest absolute Gasteiger partial charge is 0.240 e. The minimum atomic E-state index is -3.53. The molecule has 0 atom stereocenters. The van der Waals surface area contributed by atoms with Crippen molar-refractivity contribution in [3.8, 4) is 0 Å². The first-order chi connectivity index (χ1) is 14.2. The van der Waals surface area contributed by atoms with Gasteiger partial charge in [0, 0.05) is 36.9 Å². The molecule has 0 spiro atoms. The summed E-state index contributed by atoms with van der Waals surface area (Å²) in [5.41, 5.74) is 2.97. The van der Waals surface area contributed by atoms with Gasteiger partial charge in [-0.15, -0.1) is 0 Å². The Kier molecular flexibility index (Phi) is 6.98. The highest BCUT2D eigenvalue weighted by Gasteiger charge is 2.27. The number of amides is 1. The van der Waals surface area contributed by atoms with Gasteiger partial charge < -0.3 is 4.90 Å². The van der Waals surface area contributed by atoms with E-state index in [0.29, 0.717) is 38.3 Å². The Hall–Kier alpha value is -2.19. The summed E-state index contributed by atoms with van der Waals surface area (Å²) in [6, 6.07) is 8.23. The van der Waals surface area contributed by atoms with Gasteiger partial charge in [-0.3, -0.25) is 9.48 Å². The molecule has 1 aromatic carbocycles. The van der Waals surface area contributed by atoms with Crippen LogP contribution in [0.1, 0.15) is 43.6 Å². The standard InChI is InChI=1S/C22H32N4O3S/c1-16(2)15-26-18(4)21(17(3)23-26)14-22(27)25-12-10-19(11-13-25)24-30(28,29)20-8-6-5-7-9-20/h5-9,16,19,24H,10-15H2,1-4H3. The minimum Gasteiger partial charge on any atom is -0.342 e. The molecule has 0 saturated carbocycles. The van der Waals surface area contributed by atoms with Gasteiger partial charge in [0.25, 0.3) is 0 Å². The molecule has 2 heterocycles. The Morgan fingerprint density at radius 1 is 1.17 bits per heavy atom. The Labute approximate surface area is 179 Å². The predicted molar refractivity (Wildman–Crippen MR) is 117 cm³/mol. The molecule has 0 aliphatic carbocycles. The van der Waals surface area contributed by atoms with Gasteiger partial charge in [0.2, 0.25) is 15.9 Å². The lowest BCUT2D eigenvalue weighted by molar-refractivity contribution is -0.131. The average molecular weight is 433 g/mol. The number of benzene rings is 1. The summed E-state index contributed by atoms with van der Waals surface area (Å²) in [4.78, 5) is 15.0. The topological polar surface area (TPSA) is 84.3 Å². The zero-order valence-electron chi connectivity index (χ0n) is 18.3. The molecule has 1 saturated heterocycles. The van der Waals surface area contributed by atoms with E-state index in [1.807, 2.05) is 23.4 Å². The molecule has 1 N–H and O–H groups in total. The van der Waals surface area contributed by atoms with Gasteiger partial charge in [-0.25, -0.2) is 13.1 Å². The lowest BCUT2D eigenvalue weighted by Gasteiger charge is -2.32. The number of likely N-dealkylation sites (tertiary alicyclic amines) is 1. The Bertz CT molecular complexity index is 975. The largest absolute Gasteiger partial charge is 0.342 e. The molecule has 8 heteroatoms. The van der Waals surface area contributed by atoms with E-state index >= 15 is 0 Å². The van der Waals surface area contributed by atoms with E-state index in [9.17, 15) is 13.2 Å². The van der Waals surface area contributed by atoms with Gasteiger partial charge in [0.05, 0.1) is 17.0 Å². The molecule has 7 nitrogen and oxygen atoms in total. The molecule has 1 aliphatic heterocycles. The molecule has 3 rings (SSSR count). The summed E-state index contributed by atoms with van der Waals surface area (Å²) < 4.78 is 29.8. The van der Waals surface area contributed by atoms with Crippen LogP contribution in [-0.2, 0) is 27.8 Å². The van der Waals surface area contributed by atoms with Crippen LogP contribution in [-0.4, -0.2) is 48.1 Å². The summed E-state index contributed by atoms with van der Waals surface area (Å²) in [5, 5.41) is 4.60. The highest BCUT2D eigenvalue weighted by atomic mass is 32.2. The van der Waals surface area contributed by atoms with E-state index in [0.717, 1.165) is 23.5 Å². The van der Waals surface area contributed by atoms with Crippen LogP contribution < -0.4 is 4.72 Å². The molecule has 2 aromatic rings. The third-order valence-electron chi connectivity index (χ3n) is 5.62. The van der Waals surface area contributed by atoms with Crippen molar-refractivity contribution >= 4 is 15.9 Å². The van der Waals surface area contributed by atoms with Crippen molar-refractivity contribution in [2.45, 2.75) is 64.4 Å². The molecule has 0 unspecified atom stereocenters. The van der Waals surface area contributed by atoms with E-state index in [1.165, 1.54) is 0 Å². The summed E-state index contributed by atoms with van der Waals surface area (Å²) in [6.07, 6.45) is 1.57. The molecule has 0 radical (unpaired) electrons. The SMILES string of the molecule is Cc1nn(CC(C)C)c(C)c1CC(=O)N1CCC(NS(=O)(=O)c2ccccc2)CC1. The maximum atomic E-state index is 12.9. The number of sulfonamides is 1. The number of aromatic nitrogens is 2. The first kappa shape index (κ1) is 22.5. The molecule has 1 aliphatic rings. The molecule has 1 aromatic heterocycles. The fraction of sp³-hybridized carbons (Fsp3) is 0.545. The summed E-state index contributed by atoms with van der Waals surface area (Å²) >= 11 is 0. The van der Waals surface area contributed by atoms with Crippen molar-refractivity contribution in [1.82, 2.24) is 19.4 Å². The zero-order chi connectivity index (χ0) is 21.9. The Morgan fingerprint density at radius 2 is 1.80 bits per heavy atom. The van der Waals surface area contributed by atoms with Crippen molar-refractivity contribution in [3.63, 3.8) is 0 Å². The normalized spacial score (nSPS) is 15.7. The number of rotatable bonds is 7. The molecule has 1 amide bonds. The van der Waals surface area contributed by atoms with Crippen LogP contribution >= 0.6 is 0 Å². The van der Waals surface area contributed by atoms with E-state index < -0.39 is 10.0 Å². The maximum Gasteiger partial charge on any atom is 0.240 e. The molecular formula is C22H32N4O3S. The fourth-order valence-electron chi connectivity index (χ4n) is 3.91. The number of carbonyl (C=O) groups excluding carboxylic acids is 1. The summed E-state index contributed by atoms with van der Waals surface area (Å²) in [7, 11) is -3.53. The second kappa shape index (κ2) is 9.31. The van der Waals surface area contributed by atoms with Crippen LogP contribution in [0, 0.1) is 19.8 Å². The van der Waals surface area contributed by atoms with E-state index in [1.54, 1.807) is 30.3 Å². The maximum absolute atomic E-state index is 12.9. The van der Waals surface area contributed by atoms with Crippen molar-refractivity contribution in [2.75, 3.05) is 13.1 Å². The van der Waals surface area contributed by atoms with Gasteiger partial charge in [0.15, 0.2) is 0 Å². The Balaban J connectivity index is 1.57. The Morgan fingerprint density at radius 3 is 2.40 bits per heavy atom. The number of aryl methyl sites for hydroxylation is 1. The predicted octanol–water partition coefficient (Wildman–Crippen LogP) is 2.67. The molecule has 30 heavy (non-hydrogen) atoms. The monoisotopic (exact) mass is 432 g/mol. The van der Waals surface area contributed by atoms with Crippen LogP contribution in [0.3, 0.4) is 0 Å². The molecule has 164 valence electrons.